The fourth-order valence-corrected chi connectivity index (χ4v) is 2.85. The molecule has 0 saturated heterocycles. The Morgan fingerprint density at radius 2 is 1.81 bits per heavy atom. The number of hydrogen-bond acceptors (Lipinski definition) is 2. The maximum atomic E-state index is 12.7. The summed E-state index contributed by atoms with van der Waals surface area (Å²) in [6.07, 6.45) is 1.78. The van der Waals surface area contributed by atoms with Gasteiger partial charge >= 0.3 is 0 Å². The van der Waals surface area contributed by atoms with Gasteiger partial charge in [0.25, 0.3) is 5.91 Å². The van der Waals surface area contributed by atoms with Crippen molar-refractivity contribution < 1.29 is 4.79 Å². The zero-order chi connectivity index (χ0) is 14.2. The van der Waals surface area contributed by atoms with Crippen LogP contribution in [-0.2, 0) is 13.1 Å². The summed E-state index contributed by atoms with van der Waals surface area (Å²) < 4.78 is 0. The maximum absolute atomic E-state index is 12.7. The molecule has 0 saturated carbocycles. The van der Waals surface area contributed by atoms with Crippen LogP contribution in [0.1, 0.15) is 21.6 Å². The van der Waals surface area contributed by atoms with E-state index in [1.54, 1.807) is 6.20 Å². The van der Waals surface area contributed by atoms with Gasteiger partial charge in [-0.25, -0.2) is 0 Å². The van der Waals surface area contributed by atoms with Gasteiger partial charge in [-0.15, -0.1) is 0 Å². The Kier molecular flexibility index (Phi) is 2.71. The SMILES string of the molecule is O=C(c1ccc2ccccc2c1)N1Cc2cccnc2C1. The van der Waals surface area contributed by atoms with Crippen LogP contribution in [0, 0.1) is 0 Å². The number of nitrogens with zero attached hydrogens (tertiary/aromatic N) is 2. The summed E-state index contributed by atoms with van der Waals surface area (Å²) in [6, 6.07) is 17.9. The third-order valence-electron chi connectivity index (χ3n) is 3.97. The van der Waals surface area contributed by atoms with E-state index >= 15 is 0 Å². The van der Waals surface area contributed by atoms with Crippen LogP contribution in [0.25, 0.3) is 10.8 Å². The van der Waals surface area contributed by atoms with Crippen LogP contribution in [0.3, 0.4) is 0 Å². The highest BCUT2D eigenvalue weighted by atomic mass is 16.2. The van der Waals surface area contributed by atoms with Crippen molar-refractivity contribution in [1.29, 1.82) is 0 Å². The number of carbonyl (C=O) groups excluding carboxylic acids is 1. The summed E-state index contributed by atoms with van der Waals surface area (Å²) >= 11 is 0. The number of carbonyl (C=O) groups is 1. The summed E-state index contributed by atoms with van der Waals surface area (Å²) in [6.45, 7) is 1.25. The van der Waals surface area contributed by atoms with Gasteiger partial charge in [0.15, 0.2) is 0 Å². The van der Waals surface area contributed by atoms with Crippen LogP contribution in [0.4, 0.5) is 0 Å². The average molecular weight is 274 g/mol. The minimum atomic E-state index is 0.0683. The van der Waals surface area contributed by atoms with Gasteiger partial charge < -0.3 is 4.90 Å². The number of hydrogen-bond donors (Lipinski definition) is 0. The molecule has 1 aliphatic rings. The highest BCUT2D eigenvalue weighted by molar-refractivity contribution is 5.98. The molecule has 0 unspecified atom stereocenters. The molecule has 0 spiro atoms. The molecule has 1 aromatic heterocycles. The summed E-state index contributed by atoms with van der Waals surface area (Å²) in [5, 5.41) is 2.25. The molecular weight excluding hydrogens is 260 g/mol. The molecule has 102 valence electrons. The van der Waals surface area contributed by atoms with E-state index in [9.17, 15) is 4.79 Å². The molecule has 21 heavy (non-hydrogen) atoms. The van der Waals surface area contributed by atoms with Crippen LogP contribution >= 0.6 is 0 Å². The Morgan fingerprint density at radius 1 is 0.952 bits per heavy atom. The van der Waals surface area contributed by atoms with Crippen LogP contribution in [0.15, 0.2) is 60.8 Å². The standard InChI is InChI=1S/C18H14N2O/c21-18(20-11-16-6-3-9-19-17(16)12-20)15-8-7-13-4-1-2-5-14(13)10-15/h1-10H,11-12H2. The second-order valence-corrected chi connectivity index (χ2v) is 5.33. The van der Waals surface area contributed by atoms with Crippen molar-refractivity contribution in [2.24, 2.45) is 0 Å². The van der Waals surface area contributed by atoms with Crippen LogP contribution in [0.5, 0.6) is 0 Å². The molecular formula is C18H14N2O. The third kappa shape index (κ3) is 2.07. The topological polar surface area (TPSA) is 33.2 Å². The van der Waals surface area contributed by atoms with Crippen molar-refractivity contribution in [1.82, 2.24) is 9.88 Å². The number of fused-ring (bicyclic) bond motifs is 2. The molecule has 0 atom stereocenters. The molecule has 0 N–H and O–H groups in total. The maximum Gasteiger partial charge on any atom is 0.254 e. The van der Waals surface area contributed by atoms with Crippen molar-refractivity contribution >= 4 is 16.7 Å². The lowest BCUT2D eigenvalue weighted by Crippen LogP contribution is -2.25. The van der Waals surface area contributed by atoms with E-state index in [-0.39, 0.29) is 5.91 Å². The van der Waals surface area contributed by atoms with Crippen LogP contribution in [-0.4, -0.2) is 15.8 Å². The molecule has 0 bridgehead atoms. The number of benzene rings is 2. The Balaban J connectivity index is 1.65. The number of amides is 1. The zero-order valence-corrected chi connectivity index (χ0v) is 11.5. The lowest BCUT2D eigenvalue weighted by atomic mass is 10.1. The van der Waals surface area contributed by atoms with E-state index in [1.807, 2.05) is 53.4 Å². The Hall–Kier alpha value is -2.68. The molecule has 2 heterocycles. The molecule has 0 aliphatic carbocycles. The quantitative estimate of drug-likeness (QED) is 0.681. The van der Waals surface area contributed by atoms with Gasteiger partial charge in [-0.05, 0) is 34.5 Å². The van der Waals surface area contributed by atoms with Gasteiger partial charge in [0.2, 0.25) is 0 Å². The van der Waals surface area contributed by atoms with Gasteiger partial charge in [-0.1, -0.05) is 36.4 Å². The number of aromatic nitrogens is 1. The molecule has 2 aromatic carbocycles. The number of rotatable bonds is 1. The molecule has 0 radical (unpaired) electrons. The minimum Gasteiger partial charge on any atom is -0.328 e. The Labute approximate surface area is 122 Å². The lowest BCUT2D eigenvalue weighted by Gasteiger charge is -2.15. The third-order valence-corrected chi connectivity index (χ3v) is 3.97. The van der Waals surface area contributed by atoms with Crippen molar-refractivity contribution in [2.75, 3.05) is 0 Å². The van der Waals surface area contributed by atoms with Crippen molar-refractivity contribution in [3.63, 3.8) is 0 Å². The van der Waals surface area contributed by atoms with Gasteiger partial charge in [0, 0.05) is 18.3 Å². The molecule has 1 aliphatic heterocycles. The fourth-order valence-electron chi connectivity index (χ4n) is 2.85. The summed E-state index contributed by atoms with van der Waals surface area (Å²) in [5.41, 5.74) is 2.89. The van der Waals surface area contributed by atoms with Crippen molar-refractivity contribution in [3.8, 4) is 0 Å². The first-order valence-corrected chi connectivity index (χ1v) is 7.02. The van der Waals surface area contributed by atoms with E-state index in [2.05, 4.69) is 11.1 Å². The molecule has 3 heteroatoms. The first-order valence-electron chi connectivity index (χ1n) is 7.02. The monoisotopic (exact) mass is 274 g/mol. The minimum absolute atomic E-state index is 0.0683. The fraction of sp³-hybridized carbons (Fsp3) is 0.111. The first kappa shape index (κ1) is 12.1. The van der Waals surface area contributed by atoms with Crippen LogP contribution < -0.4 is 0 Å². The molecule has 3 aromatic rings. The van der Waals surface area contributed by atoms with Gasteiger partial charge in [0.05, 0.1) is 12.2 Å². The second kappa shape index (κ2) is 4.70. The van der Waals surface area contributed by atoms with Gasteiger partial charge in [-0.3, -0.25) is 9.78 Å². The second-order valence-electron chi connectivity index (χ2n) is 5.33. The Morgan fingerprint density at radius 3 is 2.67 bits per heavy atom. The normalized spacial score (nSPS) is 13.4. The van der Waals surface area contributed by atoms with E-state index in [4.69, 9.17) is 0 Å². The van der Waals surface area contributed by atoms with Crippen molar-refractivity contribution in [3.05, 3.63) is 77.6 Å². The highest BCUT2D eigenvalue weighted by Gasteiger charge is 2.24. The summed E-state index contributed by atoms with van der Waals surface area (Å²) in [4.78, 5) is 18.8. The van der Waals surface area contributed by atoms with E-state index in [1.165, 1.54) is 0 Å². The van der Waals surface area contributed by atoms with E-state index < -0.39 is 0 Å². The highest BCUT2D eigenvalue weighted by Crippen LogP contribution is 2.23. The van der Waals surface area contributed by atoms with Gasteiger partial charge in [-0.2, -0.15) is 0 Å². The largest absolute Gasteiger partial charge is 0.328 e. The number of pyridine rings is 1. The van der Waals surface area contributed by atoms with E-state index in [0.717, 1.165) is 27.6 Å². The smallest absolute Gasteiger partial charge is 0.254 e. The molecule has 1 amide bonds. The zero-order valence-electron chi connectivity index (χ0n) is 11.5. The predicted octanol–water partition coefficient (Wildman–Crippen LogP) is 3.39. The molecule has 0 fully saturated rings. The van der Waals surface area contributed by atoms with Crippen LogP contribution in [0.2, 0.25) is 0 Å². The predicted molar refractivity (Wildman–Crippen MR) is 81.8 cm³/mol. The van der Waals surface area contributed by atoms with Crippen molar-refractivity contribution in [2.45, 2.75) is 13.1 Å². The molecule has 4 rings (SSSR count). The molecule has 3 nitrogen and oxygen atoms in total. The lowest BCUT2D eigenvalue weighted by molar-refractivity contribution is 0.0750. The Bertz CT molecular complexity index is 816. The average Bonchev–Trinajstić information content (AvgIpc) is 2.97. The summed E-state index contributed by atoms with van der Waals surface area (Å²) in [5.74, 6) is 0.0683. The first-order chi connectivity index (χ1) is 10.3. The summed E-state index contributed by atoms with van der Waals surface area (Å²) in [7, 11) is 0. The van der Waals surface area contributed by atoms with E-state index in [0.29, 0.717) is 13.1 Å². The van der Waals surface area contributed by atoms with Gasteiger partial charge in [0.1, 0.15) is 0 Å².